The number of aryl methyl sites for hydroxylation is 1. The fourth-order valence-corrected chi connectivity index (χ4v) is 2.60. The smallest absolute Gasteiger partial charge is 0.184 e. The van der Waals surface area contributed by atoms with Gasteiger partial charge >= 0.3 is 0 Å². The van der Waals surface area contributed by atoms with Gasteiger partial charge in [0.05, 0.1) is 6.07 Å². The predicted molar refractivity (Wildman–Crippen MR) is 85.7 cm³/mol. The van der Waals surface area contributed by atoms with Crippen LogP contribution < -0.4 is 0 Å². The normalized spacial score (nSPS) is 11.7. The number of ketones is 1. The van der Waals surface area contributed by atoms with E-state index in [4.69, 9.17) is 0 Å². The van der Waals surface area contributed by atoms with Crippen molar-refractivity contribution < 1.29 is 4.79 Å². The van der Waals surface area contributed by atoms with Crippen LogP contribution in [0.5, 0.6) is 0 Å². The molecule has 20 heavy (non-hydrogen) atoms. The topological polar surface area (TPSA) is 40.9 Å². The van der Waals surface area contributed by atoms with E-state index in [0.717, 1.165) is 14.5 Å². The number of Topliss-reactive ketones (excluding diaryl/α,β-unsaturated/α-hetero) is 1. The summed E-state index contributed by atoms with van der Waals surface area (Å²) in [6.45, 7) is 1.92. The number of nitrogens with zero attached hydrogens (tertiary/aromatic N) is 1. The third-order valence-electron chi connectivity index (χ3n) is 3.02. The van der Waals surface area contributed by atoms with Gasteiger partial charge < -0.3 is 0 Å². The number of hydrogen-bond donors (Lipinski definition) is 0. The van der Waals surface area contributed by atoms with Gasteiger partial charge in [0.2, 0.25) is 0 Å². The lowest BCUT2D eigenvalue weighted by Gasteiger charge is -2.10. The van der Waals surface area contributed by atoms with E-state index in [9.17, 15) is 10.1 Å². The molecule has 2 nitrogen and oxygen atoms in total. The zero-order chi connectivity index (χ0) is 14.7. The van der Waals surface area contributed by atoms with Crippen LogP contribution in [0, 0.1) is 18.3 Å². The SMILES string of the molecule is Cc1cc(C(=O)C(C#N)c2cccc(Br)c2)ccc1Br. The predicted octanol–water partition coefficient (Wildman–Crippen LogP) is 5.01. The molecule has 4 heteroatoms. The Morgan fingerprint density at radius 2 is 1.95 bits per heavy atom. The van der Waals surface area contributed by atoms with Crippen molar-refractivity contribution in [1.29, 1.82) is 5.26 Å². The van der Waals surface area contributed by atoms with E-state index in [1.54, 1.807) is 24.3 Å². The fourth-order valence-electron chi connectivity index (χ4n) is 1.94. The number of rotatable bonds is 3. The van der Waals surface area contributed by atoms with E-state index in [1.807, 2.05) is 25.1 Å². The van der Waals surface area contributed by atoms with Crippen LogP contribution in [0.15, 0.2) is 51.4 Å². The minimum absolute atomic E-state index is 0.179. The average molecular weight is 393 g/mol. The molecule has 0 aliphatic rings. The Bertz CT molecular complexity index is 704. The number of carbonyl (C=O) groups is 1. The second-order valence-electron chi connectivity index (χ2n) is 4.45. The molecule has 0 aliphatic heterocycles. The van der Waals surface area contributed by atoms with Crippen LogP contribution in [0.1, 0.15) is 27.4 Å². The Balaban J connectivity index is 2.39. The first-order valence-electron chi connectivity index (χ1n) is 5.98. The molecule has 2 rings (SSSR count). The lowest BCUT2D eigenvalue weighted by Crippen LogP contribution is -2.11. The van der Waals surface area contributed by atoms with E-state index in [-0.39, 0.29) is 5.78 Å². The largest absolute Gasteiger partial charge is 0.292 e. The van der Waals surface area contributed by atoms with Crippen molar-refractivity contribution in [3.05, 3.63) is 68.1 Å². The molecule has 1 unspecified atom stereocenters. The average Bonchev–Trinajstić information content (AvgIpc) is 2.42. The Hall–Kier alpha value is -1.44. The van der Waals surface area contributed by atoms with Gasteiger partial charge in [-0.1, -0.05) is 50.1 Å². The molecule has 0 saturated carbocycles. The summed E-state index contributed by atoms with van der Waals surface area (Å²) in [6, 6.07) is 14.8. The highest BCUT2D eigenvalue weighted by atomic mass is 79.9. The van der Waals surface area contributed by atoms with Gasteiger partial charge in [-0.25, -0.2) is 0 Å². The Morgan fingerprint density at radius 1 is 1.20 bits per heavy atom. The van der Waals surface area contributed by atoms with Gasteiger partial charge in [-0.15, -0.1) is 0 Å². The zero-order valence-electron chi connectivity index (χ0n) is 10.7. The maximum Gasteiger partial charge on any atom is 0.184 e. The molecule has 0 amide bonds. The zero-order valence-corrected chi connectivity index (χ0v) is 13.9. The molecule has 0 fully saturated rings. The molecule has 0 bridgehead atoms. The number of carbonyl (C=O) groups excluding carboxylic acids is 1. The van der Waals surface area contributed by atoms with Crippen LogP contribution in [0.4, 0.5) is 0 Å². The third kappa shape index (κ3) is 3.17. The Kier molecular flexibility index (Phi) is 4.74. The first-order valence-corrected chi connectivity index (χ1v) is 7.57. The highest BCUT2D eigenvalue weighted by molar-refractivity contribution is 9.10. The first-order chi connectivity index (χ1) is 9.52. The van der Waals surface area contributed by atoms with Gasteiger partial charge in [-0.05, 0) is 42.3 Å². The van der Waals surface area contributed by atoms with E-state index in [1.165, 1.54) is 0 Å². The van der Waals surface area contributed by atoms with Crippen molar-refractivity contribution in [1.82, 2.24) is 0 Å². The van der Waals surface area contributed by atoms with Gasteiger partial charge in [-0.2, -0.15) is 5.26 Å². The molecule has 0 spiro atoms. The number of benzene rings is 2. The number of nitriles is 1. The van der Waals surface area contributed by atoms with Crippen molar-refractivity contribution in [2.45, 2.75) is 12.8 Å². The lowest BCUT2D eigenvalue weighted by molar-refractivity contribution is 0.0979. The molecule has 0 N–H and O–H groups in total. The molecule has 100 valence electrons. The van der Waals surface area contributed by atoms with Gasteiger partial charge in [0.15, 0.2) is 5.78 Å². The van der Waals surface area contributed by atoms with Crippen LogP contribution in [-0.2, 0) is 0 Å². The quantitative estimate of drug-likeness (QED) is 0.688. The van der Waals surface area contributed by atoms with E-state index in [0.29, 0.717) is 11.1 Å². The minimum atomic E-state index is -0.784. The molecule has 0 saturated heterocycles. The monoisotopic (exact) mass is 391 g/mol. The maximum atomic E-state index is 12.5. The van der Waals surface area contributed by atoms with Gasteiger partial charge in [0, 0.05) is 14.5 Å². The third-order valence-corrected chi connectivity index (χ3v) is 4.40. The summed E-state index contributed by atoms with van der Waals surface area (Å²) in [4.78, 5) is 12.5. The molecule has 0 aliphatic carbocycles. The maximum absolute atomic E-state index is 12.5. The molecule has 0 radical (unpaired) electrons. The molecular weight excluding hydrogens is 382 g/mol. The van der Waals surface area contributed by atoms with Crippen molar-refractivity contribution in [3.8, 4) is 6.07 Å². The first kappa shape index (κ1) is 15.0. The molecule has 2 aromatic carbocycles. The van der Waals surface area contributed by atoms with E-state index < -0.39 is 5.92 Å². The summed E-state index contributed by atoms with van der Waals surface area (Å²) in [7, 11) is 0. The number of halogens is 2. The van der Waals surface area contributed by atoms with Crippen LogP contribution >= 0.6 is 31.9 Å². The minimum Gasteiger partial charge on any atom is -0.292 e. The van der Waals surface area contributed by atoms with Crippen molar-refractivity contribution in [3.63, 3.8) is 0 Å². The van der Waals surface area contributed by atoms with Crippen molar-refractivity contribution in [2.24, 2.45) is 0 Å². The highest BCUT2D eigenvalue weighted by Gasteiger charge is 2.22. The fraction of sp³-hybridized carbons (Fsp3) is 0.125. The molecule has 0 heterocycles. The van der Waals surface area contributed by atoms with Gasteiger partial charge in [0.25, 0.3) is 0 Å². The van der Waals surface area contributed by atoms with Crippen LogP contribution in [0.25, 0.3) is 0 Å². The van der Waals surface area contributed by atoms with Gasteiger partial charge in [-0.3, -0.25) is 4.79 Å². The van der Waals surface area contributed by atoms with Crippen LogP contribution in [-0.4, -0.2) is 5.78 Å². The lowest BCUT2D eigenvalue weighted by atomic mass is 9.91. The summed E-state index contributed by atoms with van der Waals surface area (Å²) in [5.41, 5.74) is 2.23. The van der Waals surface area contributed by atoms with Crippen molar-refractivity contribution >= 4 is 37.6 Å². The highest BCUT2D eigenvalue weighted by Crippen LogP contribution is 2.25. The number of hydrogen-bond acceptors (Lipinski definition) is 2. The van der Waals surface area contributed by atoms with Gasteiger partial charge in [0.1, 0.15) is 5.92 Å². The second-order valence-corrected chi connectivity index (χ2v) is 6.22. The summed E-state index contributed by atoms with van der Waals surface area (Å²) in [6.07, 6.45) is 0. The van der Waals surface area contributed by atoms with Crippen molar-refractivity contribution in [2.75, 3.05) is 0 Å². The summed E-state index contributed by atoms with van der Waals surface area (Å²) in [5, 5.41) is 9.33. The van der Waals surface area contributed by atoms with E-state index in [2.05, 4.69) is 37.9 Å². The Labute approximate surface area is 134 Å². The Morgan fingerprint density at radius 3 is 2.55 bits per heavy atom. The summed E-state index contributed by atoms with van der Waals surface area (Å²) < 4.78 is 1.81. The second kappa shape index (κ2) is 6.34. The van der Waals surface area contributed by atoms with Crippen LogP contribution in [0.3, 0.4) is 0 Å². The summed E-state index contributed by atoms with van der Waals surface area (Å²) >= 11 is 6.76. The standard InChI is InChI=1S/C16H11Br2NO/c1-10-7-12(5-6-15(10)18)16(20)14(9-19)11-3-2-4-13(17)8-11/h2-8,14H,1H3. The van der Waals surface area contributed by atoms with Crippen LogP contribution in [0.2, 0.25) is 0 Å². The molecular formula is C16H11Br2NO. The molecule has 1 atom stereocenters. The van der Waals surface area contributed by atoms with E-state index >= 15 is 0 Å². The molecule has 2 aromatic rings. The molecule has 0 aromatic heterocycles. The summed E-state index contributed by atoms with van der Waals surface area (Å²) in [5.74, 6) is -0.964.